The highest BCUT2D eigenvalue weighted by molar-refractivity contribution is 5.25. The Kier molecular flexibility index (Phi) is 5.12. The van der Waals surface area contributed by atoms with Gasteiger partial charge in [-0.15, -0.1) is 0 Å². The summed E-state index contributed by atoms with van der Waals surface area (Å²) in [6.07, 6.45) is 10.4. The predicted octanol–water partition coefficient (Wildman–Crippen LogP) is 7.36. The summed E-state index contributed by atoms with van der Waals surface area (Å²) in [7, 11) is 1.34. The number of hydrogen-bond acceptors (Lipinski definition) is 2. The molecule has 0 atom stereocenters. The number of halogens is 4. The van der Waals surface area contributed by atoms with Crippen molar-refractivity contribution in [1.29, 1.82) is 0 Å². The molecule has 0 aromatic carbocycles. The molecule has 31 heavy (non-hydrogen) atoms. The summed E-state index contributed by atoms with van der Waals surface area (Å²) in [5, 5.41) is 0. The number of methoxy groups -OCH3 is 1. The van der Waals surface area contributed by atoms with E-state index in [-0.39, 0.29) is 37.9 Å². The first-order chi connectivity index (χ1) is 14.6. The average molecular weight is 447 g/mol. The van der Waals surface area contributed by atoms with Crippen molar-refractivity contribution in [2.24, 2.45) is 28.1 Å². The van der Waals surface area contributed by atoms with Gasteiger partial charge in [-0.05, 0) is 99.7 Å². The lowest BCUT2D eigenvalue weighted by Crippen LogP contribution is -2.77. The molecule has 6 heteroatoms. The van der Waals surface area contributed by atoms with E-state index in [1.807, 2.05) is 0 Å². The fourth-order valence-corrected chi connectivity index (χ4v) is 8.98. The van der Waals surface area contributed by atoms with Crippen LogP contribution in [0, 0.1) is 28.1 Å². The van der Waals surface area contributed by atoms with Gasteiger partial charge >= 0.3 is 11.8 Å². The van der Waals surface area contributed by atoms with E-state index < -0.39 is 28.3 Å². The summed E-state index contributed by atoms with van der Waals surface area (Å²) >= 11 is 0. The molecule has 0 aromatic rings. The molecule has 178 valence electrons. The van der Waals surface area contributed by atoms with Gasteiger partial charge in [0.2, 0.25) is 0 Å². The van der Waals surface area contributed by atoms with Crippen LogP contribution in [-0.4, -0.2) is 31.3 Å². The van der Waals surface area contributed by atoms with Crippen LogP contribution in [-0.2, 0) is 9.47 Å². The van der Waals surface area contributed by atoms with E-state index in [9.17, 15) is 0 Å². The van der Waals surface area contributed by atoms with Gasteiger partial charge in [0.05, 0.1) is 0 Å². The second-order valence-electron chi connectivity index (χ2n) is 11.9. The number of ether oxygens (including phenoxy) is 2. The first kappa shape index (κ1) is 22.4. The Balaban J connectivity index is 1.41. The zero-order valence-corrected chi connectivity index (χ0v) is 19.1. The molecule has 0 radical (unpaired) electrons. The summed E-state index contributed by atoms with van der Waals surface area (Å²) in [6.45, 7) is 1.96. The summed E-state index contributed by atoms with van der Waals surface area (Å²) in [4.78, 5) is 0. The van der Waals surface area contributed by atoms with Crippen molar-refractivity contribution in [3.8, 4) is 0 Å². The Bertz CT molecular complexity index is 665. The second kappa shape index (κ2) is 7.07. The van der Waals surface area contributed by atoms with Crippen molar-refractivity contribution in [3.63, 3.8) is 0 Å². The molecule has 0 aliphatic heterocycles. The van der Waals surface area contributed by atoms with Gasteiger partial charge in [-0.25, -0.2) is 0 Å². The molecule has 7 rings (SSSR count). The van der Waals surface area contributed by atoms with Crippen LogP contribution in [0.3, 0.4) is 0 Å². The van der Waals surface area contributed by atoms with Crippen LogP contribution in [0.1, 0.15) is 96.8 Å². The largest absolute Gasteiger partial charge is 0.359 e. The predicted molar refractivity (Wildman–Crippen MR) is 110 cm³/mol. The quantitative estimate of drug-likeness (QED) is 0.324. The molecular weight excluding hydrogens is 408 g/mol. The molecule has 7 fully saturated rings. The lowest BCUT2D eigenvalue weighted by molar-refractivity contribution is -0.421. The van der Waals surface area contributed by atoms with Gasteiger partial charge in [-0.2, -0.15) is 17.6 Å². The molecule has 0 spiro atoms. The minimum atomic E-state index is -4.16. The van der Waals surface area contributed by atoms with Crippen LogP contribution in [0.15, 0.2) is 0 Å². The first-order valence-electron chi connectivity index (χ1n) is 12.5. The topological polar surface area (TPSA) is 18.5 Å². The highest BCUT2D eigenvalue weighted by Crippen LogP contribution is 2.78. The summed E-state index contributed by atoms with van der Waals surface area (Å²) in [5.41, 5.74) is -4.03. The molecule has 7 aliphatic rings. The molecule has 4 bridgehead atoms. The third kappa shape index (κ3) is 2.70. The minimum Gasteiger partial charge on any atom is -0.359 e. The normalized spacial score (nSPS) is 50.5. The fraction of sp³-hybridized carbons (Fsp3) is 1.00. The zero-order valence-electron chi connectivity index (χ0n) is 19.1. The van der Waals surface area contributed by atoms with Gasteiger partial charge in [0.15, 0.2) is 0 Å². The summed E-state index contributed by atoms with van der Waals surface area (Å²) in [6, 6.07) is 0. The van der Waals surface area contributed by atoms with Gasteiger partial charge in [0.25, 0.3) is 0 Å². The molecule has 0 unspecified atom stereocenters. The van der Waals surface area contributed by atoms with E-state index in [4.69, 9.17) is 9.47 Å². The first-order valence-corrected chi connectivity index (χ1v) is 12.5. The lowest BCUT2D eigenvalue weighted by Gasteiger charge is -2.70. The monoisotopic (exact) mass is 446 g/mol. The van der Waals surface area contributed by atoms with Crippen LogP contribution in [0.25, 0.3) is 0 Å². The average Bonchev–Trinajstić information content (AvgIpc) is 2.78. The van der Waals surface area contributed by atoms with Crippen LogP contribution < -0.4 is 0 Å². The molecule has 0 N–H and O–H groups in total. The van der Waals surface area contributed by atoms with Crippen molar-refractivity contribution in [3.05, 3.63) is 0 Å². The molecule has 7 aliphatic carbocycles. The Morgan fingerprint density at radius 1 is 0.710 bits per heavy atom. The molecule has 7 saturated carbocycles. The Hall–Kier alpha value is -0.360. The number of rotatable bonds is 5. The molecule has 0 aromatic heterocycles. The van der Waals surface area contributed by atoms with Crippen molar-refractivity contribution < 1.29 is 27.0 Å². The van der Waals surface area contributed by atoms with E-state index in [0.29, 0.717) is 25.2 Å². The number of hydrogen-bond donors (Lipinski definition) is 0. The molecular formula is C25H38F4O2. The minimum absolute atomic E-state index is 0.00631. The van der Waals surface area contributed by atoms with Crippen LogP contribution in [0.4, 0.5) is 17.6 Å². The summed E-state index contributed by atoms with van der Waals surface area (Å²) < 4.78 is 72.7. The highest BCUT2D eigenvalue weighted by Gasteiger charge is 2.86. The smallest absolute Gasteiger partial charge is 0.339 e. The maximum atomic E-state index is 15.9. The zero-order chi connectivity index (χ0) is 22.2. The van der Waals surface area contributed by atoms with Crippen molar-refractivity contribution in [2.75, 3.05) is 13.9 Å². The molecule has 0 saturated heterocycles. The highest BCUT2D eigenvalue weighted by atomic mass is 19.3. The van der Waals surface area contributed by atoms with Crippen molar-refractivity contribution in [1.82, 2.24) is 0 Å². The van der Waals surface area contributed by atoms with E-state index in [0.717, 1.165) is 25.2 Å². The molecule has 0 heterocycles. The SMILES string of the molecule is COCOC12CCC(C34CCC(C5CCC(C)CC5)(CC3)CC4)(CC1)C(F)(F)C2(F)F. The lowest BCUT2D eigenvalue weighted by atomic mass is 9.37. The Labute approximate surface area is 183 Å². The van der Waals surface area contributed by atoms with Crippen LogP contribution in [0.5, 0.6) is 0 Å². The van der Waals surface area contributed by atoms with Gasteiger partial charge in [0.1, 0.15) is 12.4 Å². The van der Waals surface area contributed by atoms with E-state index in [2.05, 4.69) is 6.92 Å². The standard InChI is InChI=1S/C25H38F4O2/c1-18-3-5-19(6-4-18)20-7-10-21(11-8-20,12-9-20)22-13-15-23(16-14-22,31-17-30-2)25(28,29)24(22,26)27/h18-19H,3-17H2,1-2H3. The third-order valence-corrected chi connectivity index (χ3v) is 11.1. The van der Waals surface area contributed by atoms with Gasteiger partial charge < -0.3 is 9.47 Å². The maximum Gasteiger partial charge on any atom is 0.339 e. The van der Waals surface area contributed by atoms with Gasteiger partial charge in [0, 0.05) is 12.5 Å². The maximum absolute atomic E-state index is 15.9. The van der Waals surface area contributed by atoms with Crippen LogP contribution >= 0.6 is 0 Å². The number of fused-ring (bicyclic) bond motifs is 6. The van der Waals surface area contributed by atoms with E-state index in [1.54, 1.807) is 0 Å². The van der Waals surface area contributed by atoms with Crippen molar-refractivity contribution in [2.45, 2.75) is 114 Å². The Morgan fingerprint density at radius 2 is 1.26 bits per heavy atom. The van der Waals surface area contributed by atoms with Gasteiger partial charge in [-0.1, -0.05) is 19.8 Å². The summed E-state index contributed by atoms with van der Waals surface area (Å²) in [5.74, 6) is -6.70. The van der Waals surface area contributed by atoms with E-state index in [1.165, 1.54) is 32.8 Å². The molecule has 0 amide bonds. The van der Waals surface area contributed by atoms with Crippen LogP contribution in [0.2, 0.25) is 0 Å². The van der Waals surface area contributed by atoms with E-state index >= 15 is 17.6 Å². The second-order valence-corrected chi connectivity index (χ2v) is 11.9. The van der Waals surface area contributed by atoms with Gasteiger partial charge in [-0.3, -0.25) is 0 Å². The molecule has 2 nitrogen and oxygen atoms in total. The Morgan fingerprint density at radius 3 is 1.77 bits per heavy atom. The van der Waals surface area contributed by atoms with Crippen molar-refractivity contribution >= 4 is 0 Å². The number of alkyl halides is 4. The third-order valence-electron chi connectivity index (χ3n) is 11.1. The fourth-order valence-electron chi connectivity index (χ4n) is 8.98.